The molecule has 0 aromatic heterocycles. The standard InChI is InChI=1S/C31H38N4O4S2/c1-30(2,3)34-41(38,39)27-13-9-6-10-23(27)22-16-14-21(15-17-22)19-35-25-11-7-8-12-26(25)40-20-24(29(35)37)33-28(36)18-31(4,5)32/h6-17,24,34H,18-20,32H2,1-5H3,(H,33,36)/t24-/m1/s1. The van der Waals surface area contributed by atoms with Crippen molar-refractivity contribution in [3.05, 3.63) is 78.4 Å². The second kappa shape index (κ2) is 12.0. The molecule has 41 heavy (non-hydrogen) atoms. The van der Waals surface area contributed by atoms with E-state index in [1.54, 1.807) is 57.7 Å². The molecule has 1 atom stereocenters. The number of benzene rings is 3. The van der Waals surface area contributed by atoms with Gasteiger partial charge in [0.25, 0.3) is 5.91 Å². The Morgan fingerprint density at radius 1 is 0.976 bits per heavy atom. The smallest absolute Gasteiger partial charge is 0.250 e. The fraction of sp³-hybridized carbons (Fsp3) is 0.355. The summed E-state index contributed by atoms with van der Waals surface area (Å²) in [6, 6.07) is 21.4. The first-order valence-corrected chi connectivity index (χ1v) is 15.9. The molecule has 0 saturated heterocycles. The van der Waals surface area contributed by atoms with Crippen molar-refractivity contribution in [2.45, 2.75) is 74.5 Å². The lowest BCUT2D eigenvalue weighted by molar-refractivity contribution is -0.127. The maximum absolute atomic E-state index is 13.8. The molecule has 0 unspecified atom stereocenters. The van der Waals surface area contributed by atoms with E-state index in [1.807, 2.05) is 54.6 Å². The van der Waals surface area contributed by atoms with Crippen molar-refractivity contribution in [1.29, 1.82) is 0 Å². The highest BCUT2D eigenvalue weighted by Crippen LogP contribution is 2.35. The molecule has 0 saturated carbocycles. The number of carbonyl (C=O) groups is 2. The van der Waals surface area contributed by atoms with Crippen LogP contribution in [0.25, 0.3) is 11.1 Å². The van der Waals surface area contributed by atoms with E-state index in [2.05, 4.69) is 10.0 Å². The van der Waals surface area contributed by atoms with Crippen LogP contribution in [0.5, 0.6) is 0 Å². The molecule has 0 aliphatic carbocycles. The Labute approximate surface area is 247 Å². The van der Waals surface area contributed by atoms with Crippen molar-refractivity contribution in [1.82, 2.24) is 10.0 Å². The van der Waals surface area contributed by atoms with Crippen molar-refractivity contribution in [2.75, 3.05) is 10.7 Å². The average molecular weight is 595 g/mol. The lowest BCUT2D eigenvalue weighted by atomic mass is 10.0. The second-order valence-corrected chi connectivity index (χ2v) is 14.7. The lowest BCUT2D eigenvalue weighted by Crippen LogP contribution is -2.51. The highest BCUT2D eigenvalue weighted by atomic mass is 32.2. The van der Waals surface area contributed by atoms with E-state index in [4.69, 9.17) is 5.73 Å². The van der Waals surface area contributed by atoms with Crippen LogP contribution >= 0.6 is 11.8 Å². The number of amides is 2. The molecule has 10 heteroatoms. The first kappa shape index (κ1) is 30.8. The van der Waals surface area contributed by atoms with E-state index >= 15 is 0 Å². The minimum Gasteiger partial charge on any atom is -0.343 e. The van der Waals surface area contributed by atoms with E-state index in [0.29, 0.717) is 11.3 Å². The van der Waals surface area contributed by atoms with Gasteiger partial charge >= 0.3 is 0 Å². The average Bonchev–Trinajstić information content (AvgIpc) is 2.99. The maximum Gasteiger partial charge on any atom is 0.250 e. The molecule has 3 aromatic rings. The summed E-state index contributed by atoms with van der Waals surface area (Å²) < 4.78 is 29.0. The minimum absolute atomic E-state index is 0.109. The molecule has 0 radical (unpaired) electrons. The number of nitrogens with two attached hydrogens (primary N) is 1. The van der Waals surface area contributed by atoms with E-state index in [0.717, 1.165) is 21.7 Å². The van der Waals surface area contributed by atoms with Crippen LogP contribution in [0.2, 0.25) is 0 Å². The summed E-state index contributed by atoms with van der Waals surface area (Å²) >= 11 is 1.53. The summed E-state index contributed by atoms with van der Waals surface area (Å²) in [6.45, 7) is 9.25. The van der Waals surface area contributed by atoms with Crippen LogP contribution in [0.3, 0.4) is 0 Å². The SMILES string of the molecule is CC(C)(N)CC(=O)N[C@@H]1CSc2ccccc2N(Cc2ccc(-c3ccccc3S(=O)(=O)NC(C)(C)C)cc2)C1=O. The van der Waals surface area contributed by atoms with Crippen molar-refractivity contribution in [3.63, 3.8) is 0 Å². The quantitative estimate of drug-likeness (QED) is 0.348. The third-order valence-electron chi connectivity index (χ3n) is 6.30. The molecule has 4 rings (SSSR count). The van der Waals surface area contributed by atoms with Gasteiger partial charge in [-0.05, 0) is 63.9 Å². The van der Waals surface area contributed by atoms with Crippen molar-refractivity contribution < 1.29 is 18.0 Å². The van der Waals surface area contributed by atoms with Gasteiger partial charge in [-0.1, -0.05) is 54.6 Å². The van der Waals surface area contributed by atoms with Gasteiger partial charge in [0.1, 0.15) is 6.04 Å². The van der Waals surface area contributed by atoms with Gasteiger partial charge in [0.05, 0.1) is 17.1 Å². The molecule has 4 N–H and O–H groups in total. The summed E-state index contributed by atoms with van der Waals surface area (Å²) in [7, 11) is -3.75. The summed E-state index contributed by atoms with van der Waals surface area (Å²) in [5, 5.41) is 2.89. The fourth-order valence-corrected chi connectivity index (χ4v) is 7.37. The predicted octanol–water partition coefficient (Wildman–Crippen LogP) is 4.68. The first-order chi connectivity index (χ1) is 19.1. The van der Waals surface area contributed by atoms with Crippen LogP contribution < -0.4 is 20.7 Å². The zero-order valence-corrected chi connectivity index (χ0v) is 25.7. The number of nitrogens with zero attached hydrogens (tertiary/aromatic N) is 1. The van der Waals surface area contributed by atoms with Crippen LogP contribution in [-0.2, 0) is 26.2 Å². The lowest BCUT2D eigenvalue weighted by Gasteiger charge is -2.27. The molecule has 1 aliphatic heterocycles. The zero-order valence-electron chi connectivity index (χ0n) is 24.1. The Morgan fingerprint density at radius 3 is 2.27 bits per heavy atom. The van der Waals surface area contributed by atoms with E-state index in [9.17, 15) is 18.0 Å². The second-order valence-electron chi connectivity index (χ2n) is 12.0. The van der Waals surface area contributed by atoms with Crippen LogP contribution in [0.4, 0.5) is 5.69 Å². The summed E-state index contributed by atoms with van der Waals surface area (Å²) in [5.41, 5.74) is 7.70. The van der Waals surface area contributed by atoms with Crippen LogP contribution in [0, 0.1) is 0 Å². The largest absolute Gasteiger partial charge is 0.343 e. The topological polar surface area (TPSA) is 122 Å². The highest BCUT2D eigenvalue weighted by Gasteiger charge is 2.33. The molecule has 1 aliphatic rings. The number of thioether (sulfide) groups is 1. The highest BCUT2D eigenvalue weighted by molar-refractivity contribution is 7.99. The Balaban J connectivity index is 1.61. The fourth-order valence-electron chi connectivity index (χ4n) is 4.65. The minimum atomic E-state index is -3.75. The molecule has 0 spiro atoms. The van der Waals surface area contributed by atoms with Gasteiger partial charge in [-0.25, -0.2) is 13.1 Å². The number of anilines is 1. The number of rotatable bonds is 8. The van der Waals surface area contributed by atoms with Gasteiger partial charge < -0.3 is 16.0 Å². The van der Waals surface area contributed by atoms with E-state index < -0.39 is 27.1 Å². The van der Waals surface area contributed by atoms with Crippen LogP contribution in [-0.4, -0.2) is 43.1 Å². The normalized spacial score (nSPS) is 16.2. The van der Waals surface area contributed by atoms with Crippen molar-refractivity contribution >= 4 is 39.3 Å². The first-order valence-electron chi connectivity index (χ1n) is 13.5. The third-order valence-corrected chi connectivity index (χ3v) is 9.27. The van der Waals surface area contributed by atoms with Gasteiger partial charge in [0.2, 0.25) is 15.9 Å². The summed E-state index contributed by atoms with van der Waals surface area (Å²) in [5.74, 6) is -0.0451. The molecule has 0 fully saturated rings. The number of hydrogen-bond acceptors (Lipinski definition) is 6. The number of carbonyl (C=O) groups excluding carboxylic acids is 2. The molecular formula is C31H38N4O4S2. The Morgan fingerprint density at radius 2 is 1.61 bits per heavy atom. The van der Waals surface area contributed by atoms with Gasteiger partial charge in [-0.15, -0.1) is 11.8 Å². The Bertz CT molecular complexity index is 1520. The van der Waals surface area contributed by atoms with Crippen LogP contribution in [0.15, 0.2) is 82.6 Å². The Kier molecular flexibility index (Phi) is 8.98. The summed E-state index contributed by atoms with van der Waals surface area (Å²) in [4.78, 5) is 29.3. The number of hydrogen-bond donors (Lipinski definition) is 3. The predicted molar refractivity (Wildman–Crippen MR) is 165 cm³/mol. The molecule has 218 valence electrons. The van der Waals surface area contributed by atoms with Gasteiger partial charge in [-0.3, -0.25) is 9.59 Å². The summed E-state index contributed by atoms with van der Waals surface area (Å²) in [6.07, 6.45) is 0.109. The third kappa shape index (κ3) is 7.97. The molecule has 2 amide bonds. The monoisotopic (exact) mass is 594 g/mol. The molecule has 3 aromatic carbocycles. The maximum atomic E-state index is 13.8. The van der Waals surface area contributed by atoms with Crippen molar-refractivity contribution in [3.8, 4) is 11.1 Å². The molecule has 8 nitrogen and oxygen atoms in total. The zero-order chi connectivity index (χ0) is 30.0. The number of nitrogens with one attached hydrogen (secondary N) is 2. The van der Waals surface area contributed by atoms with E-state index in [1.165, 1.54) is 11.8 Å². The number of sulfonamides is 1. The molecule has 1 heterocycles. The van der Waals surface area contributed by atoms with Gasteiger partial charge in [-0.2, -0.15) is 0 Å². The van der Waals surface area contributed by atoms with Gasteiger partial charge in [0, 0.05) is 33.7 Å². The number of fused-ring (bicyclic) bond motifs is 1. The van der Waals surface area contributed by atoms with Crippen molar-refractivity contribution in [2.24, 2.45) is 5.73 Å². The van der Waals surface area contributed by atoms with Crippen LogP contribution in [0.1, 0.15) is 46.6 Å². The molecule has 0 bridgehead atoms. The Hall–Kier alpha value is -3.18. The molecular weight excluding hydrogens is 556 g/mol. The van der Waals surface area contributed by atoms with E-state index in [-0.39, 0.29) is 29.7 Å². The number of para-hydroxylation sites is 1. The van der Waals surface area contributed by atoms with Gasteiger partial charge in [0.15, 0.2) is 0 Å².